The van der Waals surface area contributed by atoms with E-state index in [0.29, 0.717) is 5.75 Å². The van der Waals surface area contributed by atoms with Crippen molar-refractivity contribution in [3.63, 3.8) is 0 Å². The Morgan fingerprint density at radius 1 is 1.00 bits per heavy atom. The van der Waals surface area contributed by atoms with Gasteiger partial charge in [0.2, 0.25) is 5.75 Å². The van der Waals surface area contributed by atoms with Crippen molar-refractivity contribution in [1.82, 2.24) is 5.32 Å². The van der Waals surface area contributed by atoms with Gasteiger partial charge in [0, 0.05) is 0 Å². The third-order valence-corrected chi connectivity index (χ3v) is 3.74. The molecule has 8 nitrogen and oxygen atoms in total. The molecule has 0 aromatic heterocycles. The van der Waals surface area contributed by atoms with Gasteiger partial charge in [-0.05, 0) is 23.3 Å². The predicted octanol–water partition coefficient (Wildman–Crippen LogP) is 2.76. The molecule has 1 atom stereocenters. The number of nitrogens with one attached hydrogen (secondary N) is 1. The van der Waals surface area contributed by atoms with Crippen LogP contribution in [0.1, 0.15) is 17.2 Å². The molecule has 0 heterocycles. The van der Waals surface area contributed by atoms with Gasteiger partial charge in [0.1, 0.15) is 6.61 Å². The van der Waals surface area contributed by atoms with Gasteiger partial charge in [0.15, 0.2) is 17.5 Å². The van der Waals surface area contributed by atoms with Crippen LogP contribution in [0.25, 0.3) is 0 Å². The Morgan fingerprint density at radius 2 is 1.59 bits per heavy atom. The minimum atomic E-state index is -1.36. The highest BCUT2D eigenvalue weighted by Crippen LogP contribution is 2.39. The Morgan fingerprint density at radius 3 is 2.07 bits per heavy atom. The zero-order chi connectivity index (χ0) is 19.8. The molecule has 0 aliphatic heterocycles. The molecule has 0 aliphatic carbocycles. The average Bonchev–Trinajstić information content (AvgIpc) is 2.69. The van der Waals surface area contributed by atoms with E-state index < -0.39 is 18.1 Å². The van der Waals surface area contributed by atoms with Crippen molar-refractivity contribution in [1.29, 1.82) is 0 Å². The van der Waals surface area contributed by atoms with Gasteiger partial charge in [-0.15, -0.1) is 0 Å². The first-order valence-electron chi connectivity index (χ1n) is 8.00. The second kappa shape index (κ2) is 9.33. The third-order valence-electron chi connectivity index (χ3n) is 3.74. The van der Waals surface area contributed by atoms with Crippen LogP contribution in [0, 0.1) is 0 Å². The second-order valence-electron chi connectivity index (χ2n) is 5.44. The summed E-state index contributed by atoms with van der Waals surface area (Å²) in [6.45, 7) is 0.0221. The van der Waals surface area contributed by atoms with Crippen LogP contribution in [0.3, 0.4) is 0 Å². The molecule has 0 spiro atoms. The minimum absolute atomic E-state index is 0.0221. The van der Waals surface area contributed by atoms with Crippen LogP contribution in [-0.4, -0.2) is 38.5 Å². The number of hydrogen-bond donors (Lipinski definition) is 2. The van der Waals surface area contributed by atoms with Crippen LogP contribution in [0.15, 0.2) is 42.5 Å². The molecule has 0 aliphatic rings. The van der Waals surface area contributed by atoms with Gasteiger partial charge >= 0.3 is 12.1 Å². The van der Waals surface area contributed by atoms with E-state index in [4.69, 9.17) is 18.9 Å². The maximum Gasteiger partial charge on any atom is 0.408 e. The van der Waals surface area contributed by atoms with Crippen molar-refractivity contribution in [3.8, 4) is 17.2 Å². The fourth-order valence-corrected chi connectivity index (χ4v) is 2.44. The van der Waals surface area contributed by atoms with Crippen LogP contribution in [-0.2, 0) is 16.1 Å². The lowest BCUT2D eigenvalue weighted by atomic mass is 10.1. The summed E-state index contributed by atoms with van der Waals surface area (Å²) in [5.41, 5.74) is 1.03. The number of carboxylic acids is 1. The molecule has 2 aromatic rings. The summed E-state index contributed by atoms with van der Waals surface area (Å²) >= 11 is 0. The van der Waals surface area contributed by atoms with Crippen molar-refractivity contribution in [2.45, 2.75) is 12.6 Å². The summed E-state index contributed by atoms with van der Waals surface area (Å²) in [6.07, 6.45) is -0.861. The van der Waals surface area contributed by atoms with Crippen molar-refractivity contribution in [3.05, 3.63) is 53.6 Å². The number of rotatable bonds is 8. The van der Waals surface area contributed by atoms with E-state index >= 15 is 0 Å². The van der Waals surface area contributed by atoms with Crippen molar-refractivity contribution < 1.29 is 33.6 Å². The molecule has 8 heteroatoms. The Bertz CT molecular complexity index is 767. The number of hydrogen-bond acceptors (Lipinski definition) is 6. The lowest BCUT2D eigenvalue weighted by molar-refractivity contribution is -0.139. The molecule has 0 saturated heterocycles. The molecule has 1 amide bonds. The maximum absolute atomic E-state index is 12.1. The van der Waals surface area contributed by atoms with Gasteiger partial charge in [-0.1, -0.05) is 30.3 Å². The van der Waals surface area contributed by atoms with E-state index in [9.17, 15) is 14.7 Å². The molecule has 0 saturated carbocycles. The molecule has 0 radical (unpaired) electrons. The molecule has 27 heavy (non-hydrogen) atoms. The van der Waals surface area contributed by atoms with Crippen LogP contribution in [0.5, 0.6) is 17.2 Å². The fraction of sp³-hybridized carbons (Fsp3) is 0.263. The minimum Gasteiger partial charge on any atom is -0.493 e. The lowest BCUT2D eigenvalue weighted by Crippen LogP contribution is -2.34. The molecule has 2 aromatic carbocycles. The lowest BCUT2D eigenvalue weighted by Gasteiger charge is -2.19. The first kappa shape index (κ1) is 19.9. The zero-order valence-electron chi connectivity index (χ0n) is 15.2. The largest absolute Gasteiger partial charge is 0.493 e. The van der Waals surface area contributed by atoms with Crippen molar-refractivity contribution >= 4 is 12.1 Å². The van der Waals surface area contributed by atoms with Crippen LogP contribution in [0.2, 0.25) is 0 Å². The number of benzene rings is 2. The number of amides is 1. The standard InChI is InChI=1S/C19H21NO7/c1-24-14-9-13(10-15(25-2)17(14)26-3)16(18(21)22)20-19(23)27-11-12-7-5-4-6-8-12/h4-10,16H,11H2,1-3H3,(H,20,23)(H,21,22). The summed E-state index contributed by atoms with van der Waals surface area (Å²) in [5, 5.41) is 11.9. The number of carbonyl (C=O) groups is 2. The molecule has 0 fully saturated rings. The zero-order valence-corrected chi connectivity index (χ0v) is 15.2. The number of ether oxygens (including phenoxy) is 4. The van der Waals surface area contributed by atoms with E-state index in [1.54, 1.807) is 12.1 Å². The smallest absolute Gasteiger partial charge is 0.408 e. The topological polar surface area (TPSA) is 103 Å². The normalized spacial score (nSPS) is 11.2. The number of methoxy groups -OCH3 is 3. The highest BCUT2D eigenvalue weighted by molar-refractivity contribution is 5.82. The predicted molar refractivity (Wildman–Crippen MR) is 96.2 cm³/mol. The Kier molecular flexibility index (Phi) is 6.87. The van der Waals surface area contributed by atoms with Crippen LogP contribution < -0.4 is 19.5 Å². The van der Waals surface area contributed by atoms with Crippen LogP contribution in [0.4, 0.5) is 4.79 Å². The highest BCUT2D eigenvalue weighted by Gasteiger charge is 2.26. The number of alkyl carbamates (subject to hydrolysis) is 1. The molecular weight excluding hydrogens is 354 g/mol. The molecular formula is C19H21NO7. The van der Waals surface area contributed by atoms with Gasteiger partial charge in [0.25, 0.3) is 0 Å². The fourth-order valence-electron chi connectivity index (χ4n) is 2.44. The van der Waals surface area contributed by atoms with E-state index in [1.807, 2.05) is 18.2 Å². The van der Waals surface area contributed by atoms with E-state index in [-0.39, 0.29) is 23.7 Å². The Balaban J connectivity index is 2.19. The second-order valence-corrected chi connectivity index (χ2v) is 5.44. The SMILES string of the molecule is COc1cc(C(NC(=O)OCc2ccccc2)C(=O)O)cc(OC)c1OC. The maximum atomic E-state index is 12.1. The Labute approximate surface area is 156 Å². The first-order chi connectivity index (χ1) is 13.0. The van der Waals surface area contributed by atoms with E-state index in [2.05, 4.69) is 5.32 Å². The average molecular weight is 375 g/mol. The summed E-state index contributed by atoms with van der Waals surface area (Å²) in [7, 11) is 4.27. The summed E-state index contributed by atoms with van der Waals surface area (Å²) in [4.78, 5) is 23.7. The number of aliphatic carboxylic acids is 1. The summed E-state index contributed by atoms with van der Waals surface area (Å²) in [6, 6.07) is 10.6. The van der Waals surface area contributed by atoms with Gasteiger partial charge in [-0.3, -0.25) is 0 Å². The van der Waals surface area contributed by atoms with Gasteiger partial charge in [-0.25, -0.2) is 9.59 Å². The monoisotopic (exact) mass is 375 g/mol. The van der Waals surface area contributed by atoms with Gasteiger partial charge in [0.05, 0.1) is 21.3 Å². The summed E-state index contributed by atoms with van der Waals surface area (Å²) in [5.74, 6) is -0.393. The number of carbonyl (C=O) groups excluding carboxylic acids is 1. The molecule has 144 valence electrons. The summed E-state index contributed by atoms with van der Waals surface area (Å²) < 4.78 is 20.7. The Hall–Kier alpha value is -3.42. The van der Waals surface area contributed by atoms with Gasteiger partial charge < -0.3 is 29.4 Å². The molecule has 2 N–H and O–H groups in total. The van der Waals surface area contributed by atoms with Crippen molar-refractivity contribution in [2.75, 3.05) is 21.3 Å². The molecule has 2 rings (SSSR count). The molecule has 0 bridgehead atoms. The molecule has 1 unspecified atom stereocenters. The van der Waals surface area contributed by atoms with E-state index in [0.717, 1.165) is 5.56 Å². The quantitative estimate of drug-likeness (QED) is 0.731. The number of carboxylic acid groups (broad SMARTS) is 1. The third kappa shape index (κ3) is 5.04. The van der Waals surface area contributed by atoms with Crippen molar-refractivity contribution in [2.24, 2.45) is 0 Å². The first-order valence-corrected chi connectivity index (χ1v) is 8.00. The van der Waals surface area contributed by atoms with E-state index in [1.165, 1.54) is 33.5 Å². The van der Waals surface area contributed by atoms with Gasteiger partial charge in [-0.2, -0.15) is 0 Å². The highest BCUT2D eigenvalue weighted by atomic mass is 16.5. The van der Waals surface area contributed by atoms with Crippen LogP contribution >= 0.6 is 0 Å².